The molecule has 0 aromatic heterocycles. The first-order valence-corrected chi connectivity index (χ1v) is 8.31. The van der Waals surface area contributed by atoms with Crippen LogP contribution in [0.1, 0.15) is 64.7 Å². The average molecular weight is 291 g/mol. The number of hydrogen-bond donors (Lipinski definition) is 0. The van der Waals surface area contributed by atoms with E-state index >= 15 is 0 Å². The Labute approximate surface area is 124 Å². The van der Waals surface area contributed by atoms with Crippen LogP contribution in [0, 0.1) is 0 Å². The van der Waals surface area contributed by atoms with Crippen molar-refractivity contribution in [3.8, 4) is 0 Å². The van der Waals surface area contributed by atoms with Crippen LogP contribution in [0.15, 0.2) is 12.2 Å². The summed E-state index contributed by atoms with van der Waals surface area (Å²) in [6.45, 7) is 4.18. The summed E-state index contributed by atoms with van der Waals surface area (Å²) in [4.78, 5) is 0. The zero-order valence-corrected chi connectivity index (χ0v) is 13.3. The normalized spacial score (nSPS) is 11.5. The van der Waals surface area contributed by atoms with E-state index in [1.807, 2.05) is 0 Å². The lowest BCUT2D eigenvalue weighted by Crippen LogP contribution is -2.02. The monoisotopic (exact) mass is 290 g/mol. The maximum Gasteiger partial charge on any atom is 0.146 e. The largest absolute Gasteiger partial charge is 0.355 e. The first-order chi connectivity index (χ1) is 9.41. The lowest BCUT2D eigenvalue weighted by Gasteiger charge is -2.03. The molecule has 0 radical (unpaired) electrons. The van der Waals surface area contributed by atoms with Gasteiger partial charge in [0.1, 0.15) is 6.79 Å². The third kappa shape index (κ3) is 17.9. The Bertz CT molecular complexity index is 184. The van der Waals surface area contributed by atoms with Gasteiger partial charge in [-0.15, -0.1) is 11.6 Å². The fourth-order valence-corrected chi connectivity index (χ4v) is 1.89. The van der Waals surface area contributed by atoms with Gasteiger partial charge in [0.05, 0.1) is 6.61 Å². The van der Waals surface area contributed by atoms with Crippen LogP contribution in [0.25, 0.3) is 0 Å². The highest BCUT2D eigenvalue weighted by Gasteiger charge is 1.89. The smallest absolute Gasteiger partial charge is 0.146 e. The predicted molar refractivity (Wildman–Crippen MR) is 83.9 cm³/mol. The van der Waals surface area contributed by atoms with Crippen molar-refractivity contribution in [3.63, 3.8) is 0 Å². The fraction of sp³-hybridized carbons (Fsp3) is 0.875. The summed E-state index contributed by atoms with van der Waals surface area (Å²) >= 11 is 5.63. The molecule has 114 valence electrons. The van der Waals surface area contributed by atoms with E-state index in [9.17, 15) is 0 Å². The summed E-state index contributed by atoms with van der Waals surface area (Å²) < 4.78 is 10.7. The van der Waals surface area contributed by atoms with Gasteiger partial charge in [-0.3, -0.25) is 0 Å². The number of allylic oxidation sites excluding steroid dienone is 1. The summed E-state index contributed by atoms with van der Waals surface area (Å²) in [5.41, 5.74) is 0. The average Bonchev–Trinajstić information content (AvgIpc) is 2.43. The van der Waals surface area contributed by atoms with Gasteiger partial charge in [-0.1, -0.05) is 44.8 Å². The van der Waals surface area contributed by atoms with E-state index < -0.39 is 0 Å². The zero-order chi connectivity index (χ0) is 14.0. The van der Waals surface area contributed by atoms with Gasteiger partial charge in [0.25, 0.3) is 0 Å². The minimum Gasteiger partial charge on any atom is -0.355 e. The highest BCUT2D eigenvalue weighted by atomic mass is 35.5. The number of halogens is 1. The van der Waals surface area contributed by atoms with Gasteiger partial charge in [0.2, 0.25) is 0 Å². The van der Waals surface area contributed by atoms with Crippen LogP contribution in [0.5, 0.6) is 0 Å². The molecule has 0 amide bonds. The molecule has 0 bridgehead atoms. The van der Waals surface area contributed by atoms with Crippen molar-refractivity contribution in [2.45, 2.75) is 64.7 Å². The molecule has 0 heterocycles. The number of unbranched alkanes of at least 4 members (excludes halogenated alkanes) is 6. The van der Waals surface area contributed by atoms with E-state index in [-0.39, 0.29) is 0 Å². The molecule has 0 aliphatic rings. The van der Waals surface area contributed by atoms with Gasteiger partial charge in [0, 0.05) is 12.5 Å². The van der Waals surface area contributed by atoms with Gasteiger partial charge in [-0.05, 0) is 32.1 Å². The SMILES string of the molecule is CCCCOCOCC/C=C\CCCCCCCCl. The third-order valence-electron chi connectivity index (χ3n) is 2.91. The molecule has 0 N–H and O–H groups in total. The van der Waals surface area contributed by atoms with Crippen LogP contribution in [0.2, 0.25) is 0 Å². The van der Waals surface area contributed by atoms with Crippen LogP contribution in [0.4, 0.5) is 0 Å². The fourth-order valence-electron chi connectivity index (χ4n) is 1.70. The van der Waals surface area contributed by atoms with Crippen molar-refractivity contribution < 1.29 is 9.47 Å². The number of rotatable bonds is 15. The molecule has 0 rings (SSSR count). The minimum absolute atomic E-state index is 0.439. The molecule has 0 aromatic carbocycles. The van der Waals surface area contributed by atoms with Gasteiger partial charge in [0.15, 0.2) is 0 Å². The van der Waals surface area contributed by atoms with Gasteiger partial charge in [-0.25, -0.2) is 0 Å². The van der Waals surface area contributed by atoms with Crippen LogP contribution < -0.4 is 0 Å². The maximum atomic E-state index is 5.63. The van der Waals surface area contributed by atoms with Crippen molar-refractivity contribution >= 4 is 11.6 Å². The summed E-state index contributed by atoms with van der Waals surface area (Å²) in [5.74, 6) is 0.808. The molecule has 0 fully saturated rings. The van der Waals surface area contributed by atoms with E-state index in [1.165, 1.54) is 38.5 Å². The molecule has 0 aromatic rings. The lowest BCUT2D eigenvalue weighted by atomic mass is 10.1. The van der Waals surface area contributed by atoms with Crippen molar-refractivity contribution in [1.82, 2.24) is 0 Å². The van der Waals surface area contributed by atoms with Crippen LogP contribution >= 0.6 is 11.6 Å². The zero-order valence-electron chi connectivity index (χ0n) is 12.5. The number of ether oxygens (including phenoxy) is 2. The van der Waals surface area contributed by atoms with Crippen molar-refractivity contribution in [2.24, 2.45) is 0 Å². The topological polar surface area (TPSA) is 18.5 Å². The van der Waals surface area contributed by atoms with E-state index in [0.29, 0.717) is 6.79 Å². The van der Waals surface area contributed by atoms with Gasteiger partial charge in [-0.2, -0.15) is 0 Å². The van der Waals surface area contributed by atoms with Crippen LogP contribution in [-0.2, 0) is 9.47 Å². The molecule has 0 atom stereocenters. The molecular formula is C16H31ClO2. The predicted octanol–water partition coefficient (Wildman–Crippen LogP) is 5.30. The second-order valence-electron chi connectivity index (χ2n) is 4.79. The van der Waals surface area contributed by atoms with Crippen LogP contribution in [0.3, 0.4) is 0 Å². The van der Waals surface area contributed by atoms with E-state index in [0.717, 1.165) is 38.4 Å². The Kier molecular flexibility index (Phi) is 17.9. The molecule has 0 aliphatic carbocycles. The quantitative estimate of drug-likeness (QED) is 0.176. The summed E-state index contributed by atoms with van der Waals surface area (Å²) in [6.07, 6.45) is 15.3. The first-order valence-electron chi connectivity index (χ1n) is 7.78. The minimum atomic E-state index is 0.439. The molecule has 0 spiro atoms. The number of hydrogen-bond acceptors (Lipinski definition) is 2. The third-order valence-corrected chi connectivity index (χ3v) is 3.18. The maximum absolute atomic E-state index is 5.63. The highest BCUT2D eigenvalue weighted by molar-refractivity contribution is 6.17. The second kappa shape index (κ2) is 17.9. The second-order valence-corrected chi connectivity index (χ2v) is 5.17. The lowest BCUT2D eigenvalue weighted by molar-refractivity contribution is -0.0528. The van der Waals surface area contributed by atoms with E-state index in [4.69, 9.17) is 21.1 Å². The Hall–Kier alpha value is -0.0500. The van der Waals surface area contributed by atoms with Crippen molar-refractivity contribution in [2.75, 3.05) is 25.9 Å². The Morgan fingerprint density at radius 3 is 2.26 bits per heavy atom. The summed E-state index contributed by atoms with van der Waals surface area (Å²) in [7, 11) is 0. The molecular weight excluding hydrogens is 260 g/mol. The Morgan fingerprint density at radius 1 is 0.789 bits per heavy atom. The van der Waals surface area contributed by atoms with Crippen molar-refractivity contribution in [3.05, 3.63) is 12.2 Å². The van der Waals surface area contributed by atoms with Gasteiger partial charge < -0.3 is 9.47 Å². The number of alkyl halides is 1. The molecule has 3 heteroatoms. The molecule has 0 saturated carbocycles. The molecule has 0 unspecified atom stereocenters. The van der Waals surface area contributed by atoms with E-state index in [2.05, 4.69) is 19.1 Å². The standard InChI is InChI=1S/C16H31ClO2/c1-2-3-14-18-16-19-15-12-10-8-6-4-5-7-9-11-13-17/h8,10H,2-7,9,11-16H2,1H3/b10-8-. The molecule has 2 nitrogen and oxygen atoms in total. The molecule has 0 saturated heterocycles. The van der Waals surface area contributed by atoms with Crippen molar-refractivity contribution in [1.29, 1.82) is 0 Å². The Balaban J connectivity index is 3.01. The summed E-state index contributed by atoms with van der Waals surface area (Å²) in [6, 6.07) is 0. The summed E-state index contributed by atoms with van der Waals surface area (Å²) in [5, 5.41) is 0. The Morgan fingerprint density at radius 2 is 1.47 bits per heavy atom. The molecule has 0 aliphatic heterocycles. The van der Waals surface area contributed by atoms with Crippen LogP contribution in [-0.4, -0.2) is 25.9 Å². The first kappa shape index (κ1) is 18.9. The highest BCUT2D eigenvalue weighted by Crippen LogP contribution is 2.06. The van der Waals surface area contributed by atoms with Gasteiger partial charge >= 0.3 is 0 Å². The van der Waals surface area contributed by atoms with E-state index in [1.54, 1.807) is 0 Å². The molecule has 19 heavy (non-hydrogen) atoms.